The highest BCUT2D eigenvalue weighted by atomic mass is 32.1. The van der Waals surface area contributed by atoms with Crippen LogP contribution >= 0.6 is 11.3 Å². The minimum Gasteiger partial charge on any atom is -0.472 e. The Morgan fingerprint density at radius 1 is 1.30 bits per heavy atom. The Labute approximate surface area is 136 Å². The molecule has 122 valence electrons. The molecule has 0 aliphatic heterocycles. The van der Waals surface area contributed by atoms with E-state index in [9.17, 15) is 14.4 Å². The fraction of sp³-hybridized carbons (Fsp3) is 0.267. The molecular formula is C15H16N2O5S. The molecule has 7 nitrogen and oxygen atoms in total. The summed E-state index contributed by atoms with van der Waals surface area (Å²) in [5.41, 5.74) is 0.968. The number of thiophene rings is 1. The minimum atomic E-state index is -0.584. The lowest BCUT2D eigenvalue weighted by Crippen LogP contribution is -2.18. The minimum absolute atomic E-state index is 0.187. The average Bonchev–Trinajstić information content (AvgIpc) is 3.15. The normalized spacial score (nSPS) is 10.2. The number of ether oxygens (including phenoxy) is 1. The Bertz CT molecular complexity index is 733. The molecule has 0 aliphatic rings. The zero-order chi connectivity index (χ0) is 17.0. The molecule has 0 saturated carbocycles. The SMILES string of the molecule is CCOC(=O)c1c(NC(=O)c2ccoc2)sc(C(=O)NC)c1C. The van der Waals surface area contributed by atoms with Crippen LogP contribution in [0.3, 0.4) is 0 Å². The van der Waals surface area contributed by atoms with Gasteiger partial charge in [-0.3, -0.25) is 9.59 Å². The molecule has 23 heavy (non-hydrogen) atoms. The molecule has 0 radical (unpaired) electrons. The van der Waals surface area contributed by atoms with E-state index in [2.05, 4.69) is 10.6 Å². The summed E-state index contributed by atoms with van der Waals surface area (Å²) >= 11 is 1.02. The van der Waals surface area contributed by atoms with Crippen LogP contribution in [0.25, 0.3) is 0 Å². The smallest absolute Gasteiger partial charge is 0.341 e. The molecule has 0 bridgehead atoms. The van der Waals surface area contributed by atoms with Crippen molar-refractivity contribution in [1.29, 1.82) is 0 Å². The van der Waals surface area contributed by atoms with Crippen molar-refractivity contribution in [1.82, 2.24) is 5.32 Å². The summed E-state index contributed by atoms with van der Waals surface area (Å²) < 4.78 is 9.88. The summed E-state index contributed by atoms with van der Waals surface area (Å²) in [7, 11) is 1.50. The number of anilines is 1. The summed E-state index contributed by atoms with van der Waals surface area (Å²) in [6.45, 7) is 3.52. The van der Waals surface area contributed by atoms with E-state index in [1.54, 1.807) is 13.8 Å². The lowest BCUT2D eigenvalue weighted by molar-refractivity contribution is 0.0527. The van der Waals surface area contributed by atoms with Gasteiger partial charge in [0.15, 0.2) is 0 Å². The Morgan fingerprint density at radius 3 is 2.61 bits per heavy atom. The van der Waals surface area contributed by atoms with Crippen molar-refractivity contribution >= 4 is 34.1 Å². The van der Waals surface area contributed by atoms with E-state index in [0.29, 0.717) is 16.0 Å². The Kier molecular flexibility index (Phi) is 5.17. The molecule has 2 aromatic heterocycles. The summed E-state index contributed by atoms with van der Waals surface area (Å²) in [4.78, 5) is 36.6. The topological polar surface area (TPSA) is 97.6 Å². The van der Waals surface area contributed by atoms with Crippen LogP contribution in [0.2, 0.25) is 0 Å². The van der Waals surface area contributed by atoms with Crippen molar-refractivity contribution < 1.29 is 23.5 Å². The van der Waals surface area contributed by atoms with Gasteiger partial charge in [-0.1, -0.05) is 0 Å². The fourth-order valence-corrected chi connectivity index (χ4v) is 3.09. The predicted octanol–water partition coefficient (Wildman–Crippen LogP) is 2.44. The standard InChI is InChI=1S/C15H16N2O5S/c1-4-22-15(20)10-8(2)11(13(19)16-3)23-14(10)17-12(18)9-5-6-21-7-9/h5-7H,4H2,1-3H3,(H,16,19)(H,17,18). The van der Waals surface area contributed by atoms with Gasteiger partial charge in [0.2, 0.25) is 0 Å². The zero-order valence-corrected chi connectivity index (χ0v) is 13.7. The molecule has 0 unspecified atom stereocenters. The predicted molar refractivity (Wildman–Crippen MR) is 85.1 cm³/mol. The zero-order valence-electron chi connectivity index (χ0n) is 12.9. The highest BCUT2D eigenvalue weighted by Gasteiger charge is 2.26. The molecule has 2 N–H and O–H groups in total. The van der Waals surface area contributed by atoms with Crippen LogP contribution in [0.1, 0.15) is 42.9 Å². The molecule has 0 spiro atoms. The maximum absolute atomic E-state index is 12.2. The molecule has 2 rings (SSSR count). The van der Waals surface area contributed by atoms with Gasteiger partial charge in [-0.15, -0.1) is 11.3 Å². The van der Waals surface area contributed by atoms with Gasteiger partial charge in [0.1, 0.15) is 11.3 Å². The monoisotopic (exact) mass is 336 g/mol. The van der Waals surface area contributed by atoms with Gasteiger partial charge < -0.3 is 19.8 Å². The van der Waals surface area contributed by atoms with E-state index < -0.39 is 11.9 Å². The highest BCUT2D eigenvalue weighted by Crippen LogP contribution is 2.34. The highest BCUT2D eigenvalue weighted by molar-refractivity contribution is 7.18. The molecular weight excluding hydrogens is 320 g/mol. The van der Waals surface area contributed by atoms with Crippen molar-refractivity contribution in [2.45, 2.75) is 13.8 Å². The van der Waals surface area contributed by atoms with Gasteiger partial charge in [0, 0.05) is 7.05 Å². The van der Waals surface area contributed by atoms with Gasteiger partial charge in [-0.05, 0) is 25.5 Å². The molecule has 0 saturated heterocycles. The van der Waals surface area contributed by atoms with Gasteiger partial charge in [-0.25, -0.2) is 4.79 Å². The Morgan fingerprint density at radius 2 is 2.04 bits per heavy atom. The molecule has 0 aromatic carbocycles. The van der Waals surface area contributed by atoms with Crippen molar-refractivity contribution in [3.05, 3.63) is 40.2 Å². The third-order valence-corrected chi connectivity index (χ3v) is 4.28. The van der Waals surface area contributed by atoms with Crippen LogP contribution in [-0.2, 0) is 4.74 Å². The fourth-order valence-electron chi connectivity index (χ4n) is 1.95. The second-order valence-corrected chi connectivity index (χ2v) is 5.55. The second-order valence-electron chi connectivity index (χ2n) is 4.53. The van der Waals surface area contributed by atoms with Crippen molar-refractivity contribution in [2.75, 3.05) is 19.0 Å². The number of nitrogens with one attached hydrogen (secondary N) is 2. The van der Waals surface area contributed by atoms with Crippen LogP contribution < -0.4 is 10.6 Å². The first-order chi connectivity index (χ1) is 11.0. The second kappa shape index (κ2) is 7.10. The first-order valence-corrected chi connectivity index (χ1v) is 7.67. The first kappa shape index (κ1) is 16.8. The maximum atomic E-state index is 12.2. The molecule has 2 heterocycles. The molecule has 2 aromatic rings. The van der Waals surface area contributed by atoms with E-state index >= 15 is 0 Å². The summed E-state index contributed by atoms with van der Waals surface area (Å²) in [6, 6.07) is 1.50. The average molecular weight is 336 g/mol. The Hall–Kier alpha value is -2.61. The molecule has 2 amide bonds. The lowest BCUT2D eigenvalue weighted by Gasteiger charge is -2.06. The number of hydrogen-bond donors (Lipinski definition) is 2. The van der Waals surface area contributed by atoms with E-state index in [1.807, 2.05) is 0 Å². The molecule has 0 atom stereocenters. The lowest BCUT2D eigenvalue weighted by atomic mass is 10.1. The Balaban J connectivity index is 2.42. The van der Waals surface area contributed by atoms with E-state index in [-0.39, 0.29) is 23.1 Å². The third-order valence-electron chi connectivity index (χ3n) is 3.07. The number of carbonyl (C=O) groups is 3. The summed E-state index contributed by atoms with van der Waals surface area (Å²) in [5, 5.41) is 5.41. The van der Waals surface area contributed by atoms with Crippen molar-refractivity contribution in [3.8, 4) is 0 Å². The number of furan rings is 1. The van der Waals surface area contributed by atoms with Crippen LogP contribution in [0.5, 0.6) is 0 Å². The summed E-state index contributed by atoms with van der Waals surface area (Å²) in [6.07, 6.45) is 2.66. The van der Waals surface area contributed by atoms with Crippen LogP contribution in [-0.4, -0.2) is 31.4 Å². The first-order valence-electron chi connectivity index (χ1n) is 6.85. The van der Waals surface area contributed by atoms with Crippen molar-refractivity contribution in [3.63, 3.8) is 0 Å². The maximum Gasteiger partial charge on any atom is 0.341 e. The third kappa shape index (κ3) is 3.42. The number of amides is 2. The van der Waals surface area contributed by atoms with Gasteiger partial charge in [0.05, 0.1) is 28.9 Å². The quantitative estimate of drug-likeness (QED) is 0.817. The molecule has 0 aliphatic carbocycles. The van der Waals surface area contributed by atoms with Crippen LogP contribution in [0.15, 0.2) is 23.0 Å². The van der Waals surface area contributed by atoms with Gasteiger partial charge in [0.25, 0.3) is 11.8 Å². The van der Waals surface area contributed by atoms with Crippen LogP contribution in [0.4, 0.5) is 5.00 Å². The van der Waals surface area contributed by atoms with Gasteiger partial charge in [-0.2, -0.15) is 0 Å². The number of hydrogen-bond acceptors (Lipinski definition) is 6. The largest absolute Gasteiger partial charge is 0.472 e. The molecule has 8 heteroatoms. The van der Waals surface area contributed by atoms with E-state index in [0.717, 1.165) is 11.3 Å². The van der Waals surface area contributed by atoms with Gasteiger partial charge >= 0.3 is 5.97 Å². The number of rotatable bonds is 5. The number of esters is 1. The van der Waals surface area contributed by atoms with Crippen LogP contribution in [0, 0.1) is 6.92 Å². The number of carbonyl (C=O) groups excluding carboxylic acids is 3. The van der Waals surface area contributed by atoms with E-state index in [4.69, 9.17) is 9.15 Å². The van der Waals surface area contributed by atoms with Crippen molar-refractivity contribution in [2.24, 2.45) is 0 Å². The summed E-state index contributed by atoms with van der Waals surface area (Å²) in [5.74, 6) is -1.35. The molecule has 0 fully saturated rings. The van der Waals surface area contributed by atoms with E-state index in [1.165, 1.54) is 25.6 Å².